The van der Waals surface area contributed by atoms with E-state index in [1.807, 2.05) is 13.8 Å². The zero-order valence-electron chi connectivity index (χ0n) is 20.5. The molecule has 10 nitrogen and oxygen atoms in total. The molecule has 0 atom stereocenters. The third-order valence-corrected chi connectivity index (χ3v) is 4.72. The summed E-state index contributed by atoms with van der Waals surface area (Å²) in [4.78, 5) is 36.3. The molecule has 0 aliphatic carbocycles. The summed E-state index contributed by atoms with van der Waals surface area (Å²) >= 11 is 0. The fourth-order valence-corrected chi connectivity index (χ4v) is 3.04. The van der Waals surface area contributed by atoms with Crippen molar-refractivity contribution < 1.29 is 28.6 Å². The number of amides is 3. The molecule has 0 fully saturated rings. The number of hydrogen-bond acceptors (Lipinski definition) is 7. The molecule has 0 spiro atoms. The molecule has 10 heteroatoms. The minimum Gasteiger partial charge on any atom is -0.494 e. The van der Waals surface area contributed by atoms with E-state index >= 15 is 0 Å². The number of nitrogens with one attached hydrogen (secondary N) is 3. The molecule has 3 N–H and O–H groups in total. The molecule has 0 bridgehead atoms. The van der Waals surface area contributed by atoms with Gasteiger partial charge in [0.25, 0.3) is 5.91 Å². The van der Waals surface area contributed by atoms with Crippen molar-refractivity contribution >= 4 is 35.3 Å². The molecular formula is C27H28N4O6. The van der Waals surface area contributed by atoms with Gasteiger partial charge in [-0.1, -0.05) is 12.1 Å². The second-order valence-corrected chi connectivity index (χ2v) is 7.45. The number of hydrazone groups is 1. The lowest BCUT2D eigenvalue weighted by Crippen LogP contribution is -2.32. The summed E-state index contributed by atoms with van der Waals surface area (Å²) in [6, 6.07) is 20.5. The molecule has 3 aromatic rings. The minimum absolute atomic E-state index is 0.168. The Morgan fingerprint density at radius 1 is 0.757 bits per heavy atom. The molecule has 0 saturated carbocycles. The van der Waals surface area contributed by atoms with Crippen LogP contribution in [0.25, 0.3) is 0 Å². The smallest absolute Gasteiger partial charge is 0.329 e. The van der Waals surface area contributed by atoms with Crippen molar-refractivity contribution in [2.75, 3.05) is 30.5 Å². The molecule has 0 aliphatic heterocycles. The van der Waals surface area contributed by atoms with Crippen LogP contribution in [0.1, 0.15) is 19.4 Å². The van der Waals surface area contributed by atoms with Crippen LogP contribution in [0.2, 0.25) is 0 Å². The highest BCUT2D eigenvalue weighted by Crippen LogP contribution is 2.23. The van der Waals surface area contributed by atoms with Gasteiger partial charge in [0.15, 0.2) is 6.61 Å². The lowest BCUT2D eigenvalue weighted by molar-refractivity contribution is -0.136. The van der Waals surface area contributed by atoms with E-state index in [-0.39, 0.29) is 12.5 Å². The third kappa shape index (κ3) is 8.70. The van der Waals surface area contributed by atoms with Crippen molar-refractivity contribution in [2.24, 2.45) is 5.10 Å². The van der Waals surface area contributed by atoms with Gasteiger partial charge in [-0.2, -0.15) is 5.10 Å². The van der Waals surface area contributed by atoms with Crippen molar-refractivity contribution in [3.63, 3.8) is 0 Å². The largest absolute Gasteiger partial charge is 0.494 e. The first-order chi connectivity index (χ1) is 18.0. The van der Waals surface area contributed by atoms with E-state index < -0.39 is 11.8 Å². The first-order valence-corrected chi connectivity index (χ1v) is 11.6. The van der Waals surface area contributed by atoms with E-state index in [9.17, 15) is 14.4 Å². The summed E-state index contributed by atoms with van der Waals surface area (Å²) in [6.07, 6.45) is 1.38. The Labute approximate surface area is 214 Å². The summed E-state index contributed by atoms with van der Waals surface area (Å²) in [5, 5.41) is 9.04. The number of carbonyl (C=O) groups excluding carboxylic acids is 3. The monoisotopic (exact) mass is 504 g/mol. The molecule has 0 saturated heterocycles. The van der Waals surface area contributed by atoms with E-state index in [4.69, 9.17) is 14.2 Å². The van der Waals surface area contributed by atoms with E-state index in [2.05, 4.69) is 21.2 Å². The maximum Gasteiger partial charge on any atom is 0.329 e. The van der Waals surface area contributed by atoms with E-state index in [0.29, 0.717) is 41.7 Å². The molecule has 0 aromatic heterocycles. The fraction of sp³-hybridized carbons (Fsp3) is 0.185. The van der Waals surface area contributed by atoms with Crippen LogP contribution in [0.15, 0.2) is 77.9 Å². The SMILES string of the molecule is CCOc1ccc(NC(=O)COc2ccc(/C=N\NC(=O)C(=O)Nc3ccccc3OCC)cc2)cc1. The van der Waals surface area contributed by atoms with Crippen molar-refractivity contribution in [1.29, 1.82) is 0 Å². The lowest BCUT2D eigenvalue weighted by Gasteiger charge is -2.10. The highest BCUT2D eigenvalue weighted by Gasteiger charge is 2.15. The maximum atomic E-state index is 12.1. The molecule has 0 unspecified atom stereocenters. The fourth-order valence-electron chi connectivity index (χ4n) is 3.04. The number of rotatable bonds is 11. The van der Waals surface area contributed by atoms with Crippen molar-refractivity contribution in [3.05, 3.63) is 78.4 Å². The average molecular weight is 505 g/mol. The number of benzene rings is 3. The normalized spacial score (nSPS) is 10.4. The first-order valence-electron chi connectivity index (χ1n) is 11.6. The predicted molar refractivity (Wildman–Crippen MR) is 140 cm³/mol. The molecule has 37 heavy (non-hydrogen) atoms. The Hall–Kier alpha value is -4.86. The summed E-state index contributed by atoms with van der Waals surface area (Å²) in [5.41, 5.74) is 3.85. The topological polar surface area (TPSA) is 127 Å². The van der Waals surface area contributed by atoms with Gasteiger partial charge in [-0.05, 0) is 80.1 Å². The first kappa shape index (κ1) is 26.7. The van der Waals surface area contributed by atoms with Crippen molar-refractivity contribution in [1.82, 2.24) is 5.43 Å². The Morgan fingerprint density at radius 3 is 2.11 bits per heavy atom. The summed E-state index contributed by atoms with van der Waals surface area (Å²) in [7, 11) is 0. The maximum absolute atomic E-state index is 12.1. The van der Waals surface area contributed by atoms with Crippen LogP contribution in [0.5, 0.6) is 17.2 Å². The standard InChI is InChI=1S/C27H28N4O6/c1-3-35-21-15-11-20(12-16-21)29-25(32)18-37-22-13-9-19(10-14-22)17-28-31-27(34)26(33)30-23-7-5-6-8-24(23)36-4-2/h5-17H,3-4,18H2,1-2H3,(H,29,32)(H,30,33)(H,31,34)/b28-17-. The molecular weight excluding hydrogens is 476 g/mol. The number of carbonyl (C=O) groups is 3. The Bertz CT molecular complexity index is 1230. The molecule has 3 aromatic carbocycles. The Kier molecular flexibility index (Phi) is 10.0. The number of anilines is 2. The van der Waals surface area contributed by atoms with Gasteiger partial charge in [-0.25, -0.2) is 5.43 Å². The van der Waals surface area contributed by atoms with E-state index in [1.54, 1.807) is 72.8 Å². The zero-order chi connectivity index (χ0) is 26.5. The van der Waals surface area contributed by atoms with E-state index in [1.165, 1.54) is 6.21 Å². The van der Waals surface area contributed by atoms with Gasteiger partial charge < -0.3 is 24.8 Å². The van der Waals surface area contributed by atoms with Crippen LogP contribution in [0.4, 0.5) is 11.4 Å². The average Bonchev–Trinajstić information content (AvgIpc) is 2.90. The molecule has 3 amide bonds. The number of nitrogens with zero attached hydrogens (tertiary/aromatic N) is 1. The third-order valence-electron chi connectivity index (χ3n) is 4.72. The van der Waals surface area contributed by atoms with Gasteiger partial charge in [-0.15, -0.1) is 0 Å². The van der Waals surface area contributed by atoms with Crippen LogP contribution < -0.4 is 30.3 Å². The highest BCUT2D eigenvalue weighted by molar-refractivity contribution is 6.39. The van der Waals surface area contributed by atoms with Crippen LogP contribution in [-0.4, -0.2) is 43.8 Å². The van der Waals surface area contributed by atoms with Gasteiger partial charge in [0.2, 0.25) is 0 Å². The van der Waals surface area contributed by atoms with Gasteiger partial charge >= 0.3 is 11.8 Å². The quantitative estimate of drug-likeness (QED) is 0.208. The molecule has 3 rings (SSSR count). The van der Waals surface area contributed by atoms with Gasteiger partial charge in [0, 0.05) is 5.69 Å². The highest BCUT2D eigenvalue weighted by atomic mass is 16.5. The lowest BCUT2D eigenvalue weighted by atomic mass is 10.2. The second kappa shape index (κ2) is 13.9. The number of para-hydroxylation sites is 2. The van der Waals surface area contributed by atoms with Gasteiger partial charge in [0.05, 0.1) is 25.1 Å². The van der Waals surface area contributed by atoms with Crippen LogP contribution in [0.3, 0.4) is 0 Å². The van der Waals surface area contributed by atoms with Crippen molar-refractivity contribution in [3.8, 4) is 17.2 Å². The summed E-state index contributed by atoms with van der Waals surface area (Å²) in [6.45, 7) is 4.54. The minimum atomic E-state index is -0.930. The Balaban J connectivity index is 1.42. The van der Waals surface area contributed by atoms with Crippen molar-refractivity contribution in [2.45, 2.75) is 13.8 Å². The molecule has 192 valence electrons. The van der Waals surface area contributed by atoms with Crippen LogP contribution >= 0.6 is 0 Å². The predicted octanol–water partition coefficient (Wildman–Crippen LogP) is 3.59. The zero-order valence-corrected chi connectivity index (χ0v) is 20.5. The second-order valence-electron chi connectivity index (χ2n) is 7.45. The van der Waals surface area contributed by atoms with Crippen LogP contribution in [0, 0.1) is 0 Å². The number of hydrogen-bond donors (Lipinski definition) is 3. The van der Waals surface area contributed by atoms with Gasteiger partial charge in [-0.3, -0.25) is 14.4 Å². The molecule has 0 aliphatic rings. The van der Waals surface area contributed by atoms with E-state index in [0.717, 1.165) is 5.75 Å². The summed E-state index contributed by atoms with van der Waals surface area (Å²) in [5.74, 6) is -0.440. The molecule has 0 radical (unpaired) electrons. The number of ether oxygens (including phenoxy) is 3. The Morgan fingerprint density at radius 2 is 1.41 bits per heavy atom. The van der Waals surface area contributed by atoms with Gasteiger partial charge in [0.1, 0.15) is 17.2 Å². The van der Waals surface area contributed by atoms with Crippen LogP contribution in [-0.2, 0) is 14.4 Å². The summed E-state index contributed by atoms with van der Waals surface area (Å²) < 4.78 is 16.3. The molecule has 0 heterocycles.